The lowest BCUT2D eigenvalue weighted by Crippen LogP contribution is -1.96. The zero-order valence-corrected chi connectivity index (χ0v) is 21.4. The largest absolute Gasteiger partial charge is 0.255 e. The summed E-state index contributed by atoms with van der Waals surface area (Å²) in [4.78, 5) is 18.7. The number of hydrogen-bond acceptors (Lipinski definition) is 4. The second-order valence-electron chi connectivity index (χ2n) is 9.53. The predicted molar refractivity (Wildman–Crippen MR) is 159 cm³/mol. The maximum Gasteiger partial charge on any atom is 0.0889 e. The highest BCUT2D eigenvalue weighted by Crippen LogP contribution is 2.44. The van der Waals surface area contributed by atoms with Crippen molar-refractivity contribution in [2.75, 3.05) is 0 Å². The second kappa shape index (κ2) is 9.58. The third-order valence-corrected chi connectivity index (χ3v) is 7.19. The molecule has 7 rings (SSSR count). The molecule has 0 spiro atoms. The molecule has 0 saturated carbocycles. The van der Waals surface area contributed by atoms with Crippen molar-refractivity contribution >= 4 is 21.5 Å². The zero-order valence-electron chi connectivity index (χ0n) is 21.4. The summed E-state index contributed by atoms with van der Waals surface area (Å²) in [7, 11) is 0. The van der Waals surface area contributed by atoms with Gasteiger partial charge in [0, 0.05) is 35.4 Å². The van der Waals surface area contributed by atoms with Crippen LogP contribution in [-0.2, 0) is 0 Å². The molecule has 4 aromatic heterocycles. The Labute approximate surface area is 226 Å². The average Bonchev–Trinajstić information content (AvgIpc) is 3.01. The lowest BCUT2D eigenvalue weighted by atomic mass is 9.86. The minimum atomic E-state index is 0.860. The maximum absolute atomic E-state index is 4.97. The molecule has 0 aliphatic rings. The average molecular weight is 501 g/mol. The Bertz CT molecular complexity index is 1890. The Balaban J connectivity index is 1.45. The molecular formula is C35H24N4. The third kappa shape index (κ3) is 4.03. The molecule has 39 heavy (non-hydrogen) atoms. The van der Waals surface area contributed by atoms with E-state index in [1.165, 1.54) is 32.7 Å². The predicted octanol–water partition coefficient (Wildman–Crippen LogP) is 8.55. The van der Waals surface area contributed by atoms with Gasteiger partial charge in [-0.15, -0.1) is 0 Å². The van der Waals surface area contributed by atoms with Gasteiger partial charge in [0.2, 0.25) is 0 Å². The zero-order chi connectivity index (χ0) is 26.2. The van der Waals surface area contributed by atoms with E-state index in [0.29, 0.717) is 0 Å². The number of benzene rings is 3. The highest BCUT2D eigenvalue weighted by atomic mass is 14.8. The van der Waals surface area contributed by atoms with Crippen LogP contribution < -0.4 is 0 Å². The summed E-state index contributed by atoms with van der Waals surface area (Å²) in [6, 6.07) is 37.5. The summed E-state index contributed by atoms with van der Waals surface area (Å²) in [5.41, 5.74) is 9.03. The summed E-state index contributed by atoms with van der Waals surface area (Å²) in [6.45, 7) is 2.08. The number of pyridine rings is 4. The molecule has 4 heterocycles. The first-order chi connectivity index (χ1) is 19.3. The second-order valence-corrected chi connectivity index (χ2v) is 9.53. The normalized spacial score (nSPS) is 11.2. The quantitative estimate of drug-likeness (QED) is 0.227. The fraction of sp³-hybridized carbons (Fsp3) is 0.0286. The van der Waals surface area contributed by atoms with Crippen molar-refractivity contribution in [2.24, 2.45) is 0 Å². The van der Waals surface area contributed by atoms with Crippen LogP contribution >= 0.6 is 0 Å². The first-order valence-electron chi connectivity index (χ1n) is 13.0. The molecule has 0 saturated heterocycles. The van der Waals surface area contributed by atoms with Gasteiger partial charge in [-0.3, -0.25) is 19.9 Å². The summed E-state index contributed by atoms with van der Waals surface area (Å²) in [5, 5.41) is 4.75. The molecule has 184 valence electrons. The van der Waals surface area contributed by atoms with Crippen molar-refractivity contribution in [1.82, 2.24) is 19.9 Å². The minimum absolute atomic E-state index is 0.860. The minimum Gasteiger partial charge on any atom is -0.255 e. The van der Waals surface area contributed by atoms with Crippen LogP contribution in [-0.4, -0.2) is 19.9 Å². The summed E-state index contributed by atoms with van der Waals surface area (Å²) in [5.74, 6) is 0. The van der Waals surface area contributed by atoms with E-state index in [2.05, 4.69) is 89.7 Å². The number of fused-ring (bicyclic) bond motifs is 2. The molecule has 0 N–H and O–H groups in total. The monoisotopic (exact) mass is 500 g/mol. The van der Waals surface area contributed by atoms with E-state index < -0.39 is 0 Å². The van der Waals surface area contributed by atoms with Gasteiger partial charge in [-0.05, 0) is 76.0 Å². The van der Waals surface area contributed by atoms with Crippen LogP contribution in [0, 0.1) is 6.92 Å². The number of hydrogen-bond donors (Lipinski definition) is 0. The van der Waals surface area contributed by atoms with Crippen LogP contribution in [0.3, 0.4) is 0 Å². The Morgan fingerprint density at radius 2 is 0.949 bits per heavy atom. The topological polar surface area (TPSA) is 51.6 Å². The van der Waals surface area contributed by atoms with Crippen molar-refractivity contribution in [2.45, 2.75) is 6.92 Å². The van der Waals surface area contributed by atoms with Gasteiger partial charge in [0.1, 0.15) is 0 Å². The summed E-state index contributed by atoms with van der Waals surface area (Å²) < 4.78 is 0. The van der Waals surface area contributed by atoms with Crippen molar-refractivity contribution in [3.63, 3.8) is 0 Å². The van der Waals surface area contributed by atoms with E-state index in [9.17, 15) is 0 Å². The molecular weight excluding hydrogens is 476 g/mol. The van der Waals surface area contributed by atoms with Gasteiger partial charge in [-0.25, -0.2) is 0 Å². The third-order valence-electron chi connectivity index (χ3n) is 7.19. The molecule has 0 aliphatic carbocycles. The smallest absolute Gasteiger partial charge is 0.0889 e. The first-order valence-corrected chi connectivity index (χ1v) is 13.0. The SMILES string of the molecule is Cc1nc(-c2ccccn2)ccc1-c1c2ccccc2c(-c2ccc(-c3ccccn3)nc2)c2ccccc12. The molecule has 0 fully saturated rings. The lowest BCUT2D eigenvalue weighted by molar-refractivity contribution is 1.18. The summed E-state index contributed by atoms with van der Waals surface area (Å²) >= 11 is 0. The van der Waals surface area contributed by atoms with E-state index in [1.807, 2.05) is 42.6 Å². The van der Waals surface area contributed by atoms with Crippen molar-refractivity contribution in [3.8, 4) is 45.0 Å². The molecule has 0 amide bonds. The lowest BCUT2D eigenvalue weighted by Gasteiger charge is -2.18. The molecule has 4 heteroatoms. The highest BCUT2D eigenvalue weighted by molar-refractivity contribution is 6.21. The van der Waals surface area contributed by atoms with Crippen LogP contribution in [0.4, 0.5) is 0 Å². The Morgan fingerprint density at radius 3 is 1.46 bits per heavy atom. The van der Waals surface area contributed by atoms with Gasteiger partial charge in [0.25, 0.3) is 0 Å². The fourth-order valence-corrected chi connectivity index (χ4v) is 5.42. The fourth-order valence-electron chi connectivity index (χ4n) is 5.42. The molecule has 0 bridgehead atoms. The van der Waals surface area contributed by atoms with Crippen molar-refractivity contribution < 1.29 is 0 Å². The Morgan fingerprint density at radius 1 is 0.436 bits per heavy atom. The van der Waals surface area contributed by atoms with Crippen LogP contribution in [0.15, 0.2) is 128 Å². The number of rotatable bonds is 4. The van der Waals surface area contributed by atoms with Gasteiger partial charge in [-0.2, -0.15) is 0 Å². The molecule has 3 aromatic carbocycles. The maximum atomic E-state index is 4.97. The van der Waals surface area contributed by atoms with Crippen molar-refractivity contribution in [3.05, 3.63) is 133 Å². The summed E-state index contributed by atoms with van der Waals surface area (Å²) in [6.07, 6.45) is 5.56. The Hall–Kier alpha value is -5.22. The van der Waals surface area contributed by atoms with E-state index in [4.69, 9.17) is 9.97 Å². The molecule has 7 aromatic rings. The van der Waals surface area contributed by atoms with E-state index in [-0.39, 0.29) is 0 Å². The highest BCUT2D eigenvalue weighted by Gasteiger charge is 2.18. The van der Waals surface area contributed by atoms with Gasteiger partial charge in [0.15, 0.2) is 0 Å². The van der Waals surface area contributed by atoms with Gasteiger partial charge >= 0.3 is 0 Å². The Kier molecular flexibility index (Phi) is 5.64. The number of nitrogens with zero attached hydrogens (tertiary/aromatic N) is 4. The standard InChI is InChI=1S/C35H24N4/c1-23-25(17-19-33(39-23)31-15-7-9-21-37-31)35-28-12-4-2-10-26(28)34(27-11-3-5-13-29(27)35)24-16-18-32(38-22-24)30-14-6-8-20-36-30/h2-22H,1H3. The molecule has 0 radical (unpaired) electrons. The van der Waals surface area contributed by atoms with Crippen LogP contribution in [0.25, 0.3) is 66.6 Å². The number of aryl methyl sites for hydroxylation is 1. The van der Waals surface area contributed by atoms with Crippen LogP contribution in [0.1, 0.15) is 5.69 Å². The van der Waals surface area contributed by atoms with E-state index in [1.54, 1.807) is 12.4 Å². The molecule has 4 nitrogen and oxygen atoms in total. The van der Waals surface area contributed by atoms with Gasteiger partial charge in [-0.1, -0.05) is 72.8 Å². The van der Waals surface area contributed by atoms with Crippen LogP contribution in [0.2, 0.25) is 0 Å². The molecule has 0 unspecified atom stereocenters. The van der Waals surface area contributed by atoms with Crippen molar-refractivity contribution in [1.29, 1.82) is 0 Å². The number of aromatic nitrogens is 4. The first kappa shape index (κ1) is 22.9. The van der Waals surface area contributed by atoms with Crippen LogP contribution in [0.5, 0.6) is 0 Å². The van der Waals surface area contributed by atoms with Gasteiger partial charge in [0.05, 0.1) is 22.8 Å². The van der Waals surface area contributed by atoms with E-state index in [0.717, 1.165) is 39.6 Å². The molecule has 0 aliphatic heterocycles. The molecule has 0 atom stereocenters. The van der Waals surface area contributed by atoms with E-state index >= 15 is 0 Å². The van der Waals surface area contributed by atoms with Gasteiger partial charge < -0.3 is 0 Å².